The van der Waals surface area contributed by atoms with Gasteiger partial charge in [-0.1, -0.05) is 48.5 Å². The van der Waals surface area contributed by atoms with Crippen LogP contribution in [0.2, 0.25) is 0 Å². The predicted molar refractivity (Wildman–Crippen MR) is 120 cm³/mol. The predicted octanol–water partition coefficient (Wildman–Crippen LogP) is 3.18. The Hall–Kier alpha value is -3.79. The number of nitrogens with two attached hydrogens (primary N) is 1. The van der Waals surface area contributed by atoms with Gasteiger partial charge in [-0.05, 0) is 37.5 Å². The van der Waals surface area contributed by atoms with Crippen molar-refractivity contribution in [2.75, 3.05) is 19.3 Å². The van der Waals surface area contributed by atoms with Crippen LogP contribution in [0.15, 0.2) is 65.7 Å². The van der Waals surface area contributed by atoms with Crippen molar-refractivity contribution >= 4 is 11.8 Å². The Balaban J connectivity index is 1.57. The Bertz CT molecular complexity index is 1020. The van der Waals surface area contributed by atoms with Crippen molar-refractivity contribution in [3.63, 3.8) is 0 Å². The van der Waals surface area contributed by atoms with E-state index in [0.29, 0.717) is 30.0 Å². The zero-order valence-corrected chi connectivity index (χ0v) is 17.3. The standard InChI is InChI=1S/C23H27N7/c1-17(18-10-5-3-6-11-18)28-23(26-2)27-15-9-14-21-20(16-24)22(25)30(29-21)19-12-7-4-8-13-19/h3-8,10-13,17H,9,14-15,25H2,1-2H3,(H2,26,27,28). The lowest BCUT2D eigenvalue weighted by Crippen LogP contribution is -2.39. The summed E-state index contributed by atoms with van der Waals surface area (Å²) in [6.07, 6.45) is 1.44. The minimum absolute atomic E-state index is 0.143. The highest BCUT2D eigenvalue weighted by Gasteiger charge is 2.16. The van der Waals surface area contributed by atoms with Crippen LogP contribution in [-0.2, 0) is 6.42 Å². The molecular weight excluding hydrogens is 374 g/mol. The Labute approximate surface area is 177 Å². The number of rotatable bonds is 7. The van der Waals surface area contributed by atoms with E-state index in [2.05, 4.69) is 45.9 Å². The highest BCUT2D eigenvalue weighted by Crippen LogP contribution is 2.21. The number of benzene rings is 2. The number of hydrogen-bond donors (Lipinski definition) is 3. The van der Waals surface area contributed by atoms with Crippen molar-refractivity contribution in [1.82, 2.24) is 20.4 Å². The molecule has 7 nitrogen and oxygen atoms in total. The lowest BCUT2D eigenvalue weighted by atomic mass is 10.1. The Morgan fingerprint density at radius 3 is 2.47 bits per heavy atom. The molecule has 0 fully saturated rings. The van der Waals surface area contributed by atoms with E-state index in [0.717, 1.165) is 18.1 Å². The zero-order valence-electron chi connectivity index (χ0n) is 17.3. The number of aromatic nitrogens is 2. The van der Waals surface area contributed by atoms with Gasteiger partial charge in [-0.15, -0.1) is 0 Å². The van der Waals surface area contributed by atoms with Gasteiger partial charge in [-0.3, -0.25) is 4.99 Å². The Kier molecular flexibility index (Phi) is 7.06. The van der Waals surface area contributed by atoms with E-state index in [1.165, 1.54) is 5.56 Å². The van der Waals surface area contributed by atoms with Gasteiger partial charge >= 0.3 is 0 Å². The molecule has 1 unspecified atom stereocenters. The number of para-hydroxylation sites is 1. The van der Waals surface area contributed by atoms with Crippen LogP contribution in [0.25, 0.3) is 5.69 Å². The molecule has 0 aliphatic carbocycles. The van der Waals surface area contributed by atoms with Crippen LogP contribution in [0.3, 0.4) is 0 Å². The van der Waals surface area contributed by atoms with Crippen LogP contribution in [0.4, 0.5) is 5.82 Å². The first-order valence-electron chi connectivity index (χ1n) is 9.99. The second kappa shape index (κ2) is 10.1. The van der Waals surface area contributed by atoms with Crippen molar-refractivity contribution in [2.45, 2.75) is 25.8 Å². The maximum Gasteiger partial charge on any atom is 0.191 e. The van der Waals surface area contributed by atoms with Crippen molar-refractivity contribution in [3.05, 3.63) is 77.5 Å². The number of anilines is 1. The van der Waals surface area contributed by atoms with Crippen LogP contribution in [0.1, 0.15) is 36.2 Å². The van der Waals surface area contributed by atoms with Gasteiger partial charge in [0.1, 0.15) is 17.5 Å². The maximum atomic E-state index is 9.52. The second-order valence-corrected chi connectivity index (χ2v) is 6.95. The lowest BCUT2D eigenvalue weighted by molar-refractivity contribution is 0.670. The molecule has 1 heterocycles. The molecule has 0 saturated carbocycles. The van der Waals surface area contributed by atoms with Crippen molar-refractivity contribution in [2.24, 2.45) is 4.99 Å². The molecule has 0 aliphatic heterocycles. The molecule has 0 bridgehead atoms. The van der Waals surface area contributed by atoms with Gasteiger partial charge in [0, 0.05) is 13.6 Å². The minimum atomic E-state index is 0.143. The summed E-state index contributed by atoms with van der Waals surface area (Å²) < 4.78 is 1.63. The van der Waals surface area contributed by atoms with E-state index in [9.17, 15) is 5.26 Å². The van der Waals surface area contributed by atoms with Crippen LogP contribution >= 0.6 is 0 Å². The number of nitrogens with one attached hydrogen (secondary N) is 2. The number of hydrogen-bond acceptors (Lipinski definition) is 4. The fourth-order valence-electron chi connectivity index (χ4n) is 3.23. The molecule has 3 aromatic rings. The summed E-state index contributed by atoms with van der Waals surface area (Å²) in [5.41, 5.74) is 9.36. The van der Waals surface area contributed by atoms with E-state index in [1.54, 1.807) is 11.7 Å². The van der Waals surface area contributed by atoms with Crippen LogP contribution < -0.4 is 16.4 Å². The molecule has 0 radical (unpaired) electrons. The van der Waals surface area contributed by atoms with Gasteiger partial charge in [0.25, 0.3) is 0 Å². The fourth-order valence-corrected chi connectivity index (χ4v) is 3.23. The minimum Gasteiger partial charge on any atom is -0.382 e. The summed E-state index contributed by atoms with van der Waals surface area (Å²) >= 11 is 0. The molecule has 2 aromatic carbocycles. The topological polar surface area (TPSA) is 104 Å². The number of guanidine groups is 1. The molecule has 1 atom stereocenters. The molecule has 154 valence electrons. The quantitative estimate of drug-likeness (QED) is 0.320. The maximum absolute atomic E-state index is 9.52. The molecule has 4 N–H and O–H groups in total. The van der Waals surface area contributed by atoms with Gasteiger partial charge in [0.05, 0.1) is 17.4 Å². The van der Waals surface area contributed by atoms with E-state index >= 15 is 0 Å². The van der Waals surface area contributed by atoms with Gasteiger partial charge in [-0.2, -0.15) is 10.4 Å². The second-order valence-electron chi connectivity index (χ2n) is 6.95. The molecule has 7 heteroatoms. The first-order chi connectivity index (χ1) is 14.6. The SMILES string of the molecule is CN=C(NCCCc1nn(-c2ccccc2)c(N)c1C#N)NC(C)c1ccccc1. The van der Waals surface area contributed by atoms with E-state index in [4.69, 9.17) is 5.73 Å². The normalized spacial score (nSPS) is 12.2. The van der Waals surface area contributed by atoms with Crippen LogP contribution in [-0.4, -0.2) is 29.3 Å². The first kappa shape index (κ1) is 20.9. The van der Waals surface area contributed by atoms with Gasteiger partial charge < -0.3 is 16.4 Å². The highest BCUT2D eigenvalue weighted by atomic mass is 15.3. The van der Waals surface area contributed by atoms with E-state index < -0.39 is 0 Å². The molecule has 0 saturated heterocycles. The average Bonchev–Trinajstić information content (AvgIpc) is 3.12. The van der Waals surface area contributed by atoms with Crippen LogP contribution in [0, 0.1) is 11.3 Å². The van der Waals surface area contributed by atoms with E-state index in [-0.39, 0.29) is 6.04 Å². The first-order valence-corrected chi connectivity index (χ1v) is 9.99. The molecular formula is C23H27N7. The molecule has 0 amide bonds. The Morgan fingerprint density at radius 2 is 1.83 bits per heavy atom. The number of aliphatic imine (C=N–C) groups is 1. The number of aryl methyl sites for hydroxylation is 1. The van der Waals surface area contributed by atoms with Gasteiger partial charge in [-0.25, -0.2) is 4.68 Å². The third-order valence-corrected chi connectivity index (χ3v) is 4.87. The monoisotopic (exact) mass is 401 g/mol. The Morgan fingerprint density at radius 1 is 1.17 bits per heavy atom. The summed E-state index contributed by atoms with van der Waals surface area (Å²) in [4.78, 5) is 4.29. The molecule has 30 heavy (non-hydrogen) atoms. The van der Waals surface area contributed by atoms with E-state index in [1.807, 2.05) is 48.5 Å². The number of nitriles is 1. The summed E-state index contributed by atoms with van der Waals surface area (Å²) in [5.74, 6) is 1.11. The largest absolute Gasteiger partial charge is 0.382 e. The van der Waals surface area contributed by atoms with Crippen molar-refractivity contribution in [1.29, 1.82) is 5.26 Å². The van der Waals surface area contributed by atoms with Crippen LogP contribution in [0.5, 0.6) is 0 Å². The van der Waals surface area contributed by atoms with Crippen molar-refractivity contribution < 1.29 is 0 Å². The summed E-state index contributed by atoms with van der Waals surface area (Å²) in [6, 6.07) is 22.2. The lowest BCUT2D eigenvalue weighted by Gasteiger charge is -2.18. The smallest absolute Gasteiger partial charge is 0.191 e. The third kappa shape index (κ3) is 4.97. The number of nitrogen functional groups attached to an aromatic ring is 1. The van der Waals surface area contributed by atoms with Crippen molar-refractivity contribution in [3.8, 4) is 11.8 Å². The molecule has 3 rings (SSSR count). The zero-order chi connectivity index (χ0) is 21.3. The molecule has 0 aliphatic rings. The fraction of sp³-hybridized carbons (Fsp3) is 0.261. The summed E-state index contributed by atoms with van der Waals surface area (Å²) in [7, 11) is 1.75. The van der Waals surface area contributed by atoms with Gasteiger partial charge in [0.15, 0.2) is 5.96 Å². The summed E-state index contributed by atoms with van der Waals surface area (Å²) in [5, 5.41) is 20.8. The average molecular weight is 402 g/mol. The van der Waals surface area contributed by atoms with Gasteiger partial charge in [0.2, 0.25) is 0 Å². The molecule has 0 spiro atoms. The molecule has 1 aromatic heterocycles. The third-order valence-electron chi connectivity index (χ3n) is 4.87. The summed E-state index contributed by atoms with van der Waals surface area (Å²) in [6.45, 7) is 2.80. The highest BCUT2D eigenvalue weighted by molar-refractivity contribution is 5.80. The number of nitrogens with zero attached hydrogens (tertiary/aromatic N) is 4.